The minimum Gasteiger partial charge on any atom is -0.495 e. The van der Waals surface area contributed by atoms with Crippen molar-refractivity contribution < 1.29 is 19.4 Å². The number of amides is 2. The second kappa shape index (κ2) is 6.13. The summed E-state index contributed by atoms with van der Waals surface area (Å²) in [4.78, 5) is 23.0. The van der Waals surface area contributed by atoms with Crippen molar-refractivity contribution in [3.63, 3.8) is 0 Å². The molecular weight excluding hydrogens is 328 g/mol. The molecule has 1 aliphatic rings. The van der Waals surface area contributed by atoms with Gasteiger partial charge in [0.2, 0.25) is 0 Å². The van der Waals surface area contributed by atoms with E-state index in [9.17, 15) is 9.59 Å². The summed E-state index contributed by atoms with van der Waals surface area (Å²) in [6.07, 6.45) is 1.66. The van der Waals surface area contributed by atoms with Gasteiger partial charge in [0.05, 0.1) is 12.8 Å². The molecule has 0 radical (unpaired) electrons. The van der Waals surface area contributed by atoms with Gasteiger partial charge in [0, 0.05) is 4.47 Å². The number of ether oxygens (including phenoxy) is 1. The van der Waals surface area contributed by atoms with Crippen molar-refractivity contribution in [3.05, 3.63) is 22.7 Å². The standard InChI is InChI=1S/C13H15BrN2O4/c1-20-10-5-4-8(14)6-9(10)15-13(19)16-11(12(17)18)7-2-3-7/h4-7,11H,2-3H2,1H3,(H,17,18)(H2,15,16,19). The first kappa shape index (κ1) is 14.6. The Morgan fingerprint density at radius 3 is 2.70 bits per heavy atom. The SMILES string of the molecule is COc1ccc(Br)cc1NC(=O)NC(C(=O)O)C1CC1. The second-order valence-electron chi connectivity index (χ2n) is 4.60. The predicted molar refractivity (Wildman–Crippen MR) is 77.0 cm³/mol. The van der Waals surface area contributed by atoms with E-state index in [1.807, 2.05) is 0 Å². The van der Waals surface area contributed by atoms with Crippen molar-refractivity contribution >= 4 is 33.6 Å². The fraction of sp³-hybridized carbons (Fsp3) is 0.385. The summed E-state index contributed by atoms with van der Waals surface area (Å²) in [6.45, 7) is 0. The van der Waals surface area contributed by atoms with Gasteiger partial charge >= 0.3 is 12.0 Å². The summed E-state index contributed by atoms with van der Waals surface area (Å²) in [5.41, 5.74) is 0.472. The van der Waals surface area contributed by atoms with Crippen LogP contribution >= 0.6 is 15.9 Å². The number of halogens is 1. The lowest BCUT2D eigenvalue weighted by atomic mass is 10.2. The molecule has 1 aromatic rings. The van der Waals surface area contributed by atoms with Gasteiger partial charge in [-0.25, -0.2) is 9.59 Å². The number of carbonyl (C=O) groups excluding carboxylic acids is 1. The molecular formula is C13H15BrN2O4. The normalized spacial score (nSPS) is 15.3. The number of aliphatic carboxylic acids is 1. The number of carboxylic acid groups (broad SMARTS) is 1. The number of hydrogen-bond donors (Lipinski definition) is 3. The van der Waals surface area contributed by atoms with Gasteiger partial charge in [-0.05, 0) is 37.0 Å². The number of methoxy groups -OCH3 is 1. The average Bonchev–Trinajstić information content (AvgIpc) is 3.20. The van der Waals surface area contributed by atoms with Gasteiger partial charge in [-0.2, -0.15) is 0 Å². The van der Waals surface area contributed by atoms with Crippen LogP contribution in [0.4, 0.5) is 10.5 Å². The molecule has 20 heavy (non-hydrogen) atoms. The lowest BCUT2D eigenvalue weighted by Gasteiger charge is -2.15. The van der Waals surface area contributed by atoms with Crippen molar-refractivity contribution in [3.8, 4) is 5.75 Å². The van der Waals surface area contributed by atoms with Gasteiger partial charge in [-0.15, -0.1) is 0 Å². The van der Waals surface area contributed by atoms with Crippen LogP contribution in [0, 0.1) is 5.92 Å². The molecule has 0 bridgehead atoms. The van der Waals surface area contributed by atoms with Crippen LogP contribution in [0.5, 0.6) is 5.75 Å². The highest BCUT2D eigenvalue weighted by atomic mass is 79.9. The van der Waals surface area contributed by atoms with E-state index < -0.39 is 18.0 Å². The zero-order valence-electron chi connectivity index (χ0n) is 10.9. The molecule has 6 nitrogen and oxygen atoms in total. The van der Waals surface area contributed by atoms with Crippen LogP contribution in [0.3, 0.4) is 0 Å². The van der Waals surface area contributed by atoms with Crippen molar-refractivity contribution in [2.45, 2.75) is 18.9 Å². The maximum absolute atomic E-state index is 11.9. The molecule has 1 atom stereocenters. The molecule has 0 saturated heterocycles. The number of benzene rings is 1. The van der Waals surface area contributed by atoms with Crippen molar-refractivity contribution in [2.24, 2.45) is 5.92 Å². The minimum atomic E-state index is -1.01. The zero-order chi connectivity index (χ0) is 14.7. The van der Waals surface area contributed by atoms with Gasteiger partial charge in [-0.3, -0.25) is 0 Å². The van der Waals surface area contributed by atoms with E-state index in [0.717, 1.165) is 17.3 Å². The predicted octanol–water partition coefficient (Wildman–Crippen LogP) is 2.44. The molecule has 3 N–H and O–H groups in total. The first-order valence-electron chi connectivity index (χ1n) is 6.15. The minimum absolute atomic E-state index is 0.0302. The molecule has 1 aromatic carbocycles. The van der Waals surface area contributed by atoms with Crippen LogP contribution in [-0.4, -0.2) is 30.3 Å². The molecule has 2 amide bonds. The Balaban J connectivity index is 2.03. The van der Waals surface area contributed by atoms with Gasteiger partial charge in [-0.1, -0.05) is 15.9 Å². The topological polar surface area (TPSA) is 87.7 Å². The van der Waals surface area contributed by atoms with Crippen LogP contribution in [0.25, 0.3) is 0 Å². The van der Waals surface area contributed by atoms with E-state index in [4.69, 9.17) is 9.84 Å². The molecule has 7 heteroatoms. The third-order valence-electron chi connectivity index (χ3n) is 3.06. The molecule has 1 aliphatic carbocycles. The summed E-state index contributed by atoms with van der Waals surface area (Å²) in [6, 6.07) is 3.78. The Kier molecular flexibility index (Phi) is 4.49. The molecule has 0 aliphatic heterocycles. The van der Waals surface area contributed by atoms with Crippen LogP contribution in [0.2, 0.25) is 0 Å². The molecule has 1 saturated carbocycles. The number of urea groups is 1. The number of nitrogens with one attached hydrogen (secondary N) is 2. The molecule has 1 unspecified atom stereocenters. The lowest BCUT2D eigenvalue weighted by molar-refractivity contribution is -0.139. The number of rotatable bonds is 5. The van der Waals surface area contributed by atoms with Crippen LogP contribution < -0.4 is 15.4 Å². The fourth-order valence-electron chi connectivity index (χ4n) is 1.89. The third-order valence-corrected chi connectivity index (χ3v) is 3.55. The number of carboxylic acids is 1. The van der Waals surface area contributed by atoms with Gasteiger partial charge in [0.15, 0.2) is 0 Å². The highest BCUT2D eigenvalue weighted by molar-refractivity contribution is 9.10. The van der Waals surface area contributed by atoms with Gasteiger partial charge < -0.3 is 20.5 Å². The Morgan fingerprint density at radius 2 is 2.15 bits per heavy atom. The highest BCUT2D eigenvalue weighted by Crippen LogP contribution is 2.33. The number of hydrogen-bond acceptors (Lipinski definition) is 3. The summed E-state index contributed by atoms with van der Waals surface area (Å²) in [7, 11) is 1.50. The maximum Gasteiger partial charge on any atom is 0.326 e. The molecule has 0 aromatic heterocycles. The van der Waals surface area contributed by atoms with E-state index in [1.54, 1.807) is 18.2 Å². The van der Waals surface area contributed by atoms with E-state index in [2.05, 4.69) is 26.6 Å². The fourth-order valence-corrected chi connectivity index (χ4v) is 2.25. The Hall–Kier alpha value is -1.76. The molecule has 2 rings (SSSR count). The van der Waals surface area contributed by atoms with Crippen LogP contribution in [0.15, 0.2) is 22.7 Å². The summed E-state index contributed by atoms with van der Waals surface area (Å²) in [5, 5.41) is 14.1. The quantitative estimate of drug-likeness (QED) is 0.766. The summed E-state index contributed by atoms with van der Waals surface area (Å²) in [5.74, 6) is -0.479. The van der Waals surface area contributed by atoms with E-state index >= 15 is 0 Å². The zero-order valence-corrected chi connectivity index (χ0v) is 12.4. The molecule has 0 spiro atoms. The molecule has 1 fully saturated rings. The van der Waals surface area contributed by atoms with Gasteiger partial charge in [0.25, 0.3) is 0 Å². The monoisotopic (exact) mass is 342 g/mol. The second-order valence-corrected chi connectivity index (χ2v) is 5.51. The smallest absolute Gasteiger partial charge is 0.326 e. The summed E-state index contributed by atoms with van der Waals surface area (Å²) < 4.78 is 5.92. The molecule has 0 heterocycles. The largest absolute Gasteiger partial charge is 0.495 e. The third kappa shape index (κ3) is 3.63. The van der Waals surface area contributed by atoms with Crippen molar-refractivity contribution in [1.82, 2.24) is 5.32 Å². The van der Waals surface area contributed by atoms with Crippen molar-refractivity contribution in [1.29, 1.82) is 0 Å². The molecule has 108 valence electrons. The van der Waals surface area contributed by atoms with Crippen LogP contribution in [0.1, 0.15) is 12.8 Å². The van der Waals surface area contributed by atoms with E-state index in [0.29, 0.717) is 11.4 Å². The Bertz CT molecular complexity index is 531. The Morgan fingerprint density at radius 1 is 1.45 bits per heavy atom. The maximum atomic E-state index is 11.9. The lowest BCUT2D eigenvalue weighted by Crippen LogP contribution is -2.44. The van der Waals surface area contributed by atoms with E-state index in [-0.39, 0.29) is 5.92 Å². The summed E-state index contributed by atoms with van der Waals surface area (Å²) >= 11 is 3.30. The van der Waals surface area contributed by atoms with Crippen LogP contribution in [-0.2, 0) is 4.79 Å². The van der Waals surface area contributed by atoms with Gasteiger partial charge in [0.1, 0.15) is 11.8 Å². The van der Waals surface area contributed by atoms with E-state index in [1.165, 1.54) is 7.11 Å². The first-order valence-corrected chi connectivity index (χ1v) is 6.94. The highest BCUT2D eigenvalue weighted by Gasteiger charge is 2.37. The average molecular weight is 343 g/mol. The Labute approximate surface area is 124 Å². The van der Waals surface area contributed by atoms with Crippen molar-refractivity contribution in [2.75, 3.05) is 12.4 Å². The number of anilines is 1. The number of carbonyl (C=O) groups is 2. The first-order chi connectivity index (χ1) is 9.51.